The summed E-state index contributed by atoms with van der Waals surface area (Å²) in [6, 6.07) is 3.90. The Kier molecular flexibility index (Phi) is 4.80. The molecule has 0 aliphatic heterocycles. The highest BCUT2D eigenvalue weighted by molar-refractivity contribution is 6.31. The van der Waals surface area contributed by atoms with Gasteiger partial charge in [-0.05, 0) is 67.9 Å². The van der Waals surface area contributed by atoms with Crippen LogP contribution in [0.3, 0.4) is 0 Å². The van der Waals surface area contributed by atoms with E-state index in [2.05, 4.69) is 5.32 Å². The second-order valence-corrected chi connectivity index (χ2v) is 8.47. The zero-order valence-corrected chi connectivity index (χ0v) is 15.5. The maximum Gasteiger partial charge on any atom is 0.310 e. The second-order valence-electron chi connectivity index (χ2n) is 8.03. The summed E-state index contributed by atoms with van der Waals surface area (Å²) < 4.78 is 5.28. The van der Waals surface area contributed by atoms with Gasteiger partial charge in [-0.25, -0.2) is 0 Å². The molecule has 1 aromatic rings. The summed E-state index contributed by atoms with van der Waals surface area (Å²) in [6.45, 7) is -0.453. The van der Waals surface area contributed by atoms with Crippen LogP contribution in [0.1, 0.15) is 32.1 Å². The highest BCUT2D eigenvalue weighted by Crippen LogP contribution is 2.56. The molecule has 0 saturated heterocycles. The zero-order valence-electron chi connectivity index (χ0n) is 14.7. The Morgan fingerprint density at radius 3 is 2.37 bits per heavy atom. The summed E-state index contributed by atoms with van der Waals surface area (Å²) in [5, 5.41) is 13.7. The molecular weight excluding hydrogens is 372 g/mol. The third-order valence-electron chi connectivity index (χ3n) is 6.27. The van der Waals surface area contributed by atoms with Gasteiger partial charge in [-0.2, -0.15) is 0 Å². The number of amides is 1. The molecule has 1 N–H and O–H groups in total. The number of benzene rings is 1. The molecule has 5 rings (SSSR count). The van der Waals surface area contributed by atoms with Crippen LogP contribution in [0, 0.1) is 39.7 Å². The number of hydrogen-bond acceptors (Lipinski definition) is 5. The lowest BCUT2D eigenvalue weighted by Gasteiger charge is -2.53. The molecule has 0 unspecified atom stereocenters. The van der Waals surface area contributed by atoms with Gasteiger partial charge in [0, 0.05) is 11.1 Å². The van der Waals surface area contributed by atoms with Crippen LogP contribution in [-0.2, 0) is 14.3 Å². The van der Waals surface area contributed by atoms with Gasteiger partial charge in [-0.1, -0.05) is 11.6 Å². The fourth-order valence-corrected chi connectivity index (χ4v) is 5.67. The molecule has 4 fully saturated rings. The van der Waals surface area contributed by atoms with Gasteiger partial charge in [-0.15, -0.1) is 0 Å². The average Bonchev–Trinajstić information content (AvgIpc) is 2.59. The number of carbonyl (C=O) groups is 2. The SMILES string of the molecule is O=C(COC(=O)C1C2CC3CC(C2)CC1C3)Nc1cc(Cl)ccc1[N+](=O)[O-]. The van der Waals surface area contributed by atoms with E-state index in [9.17, 15) is 19.7 Å². The van der Waals surface area contributed by atoms with E-state index in [4.69, 9.17) is 16.3 Å². The molecule has 144 valence electrons. The molecule has 4 bridgehead atoms. The Balaban J connectivity index is 1.35. The van der Waals surface area contributed by atoms with E-state index in [-0.39, 0.29) is 28.3 Å². The minimum atomic E-state index is -0.613. The molecule has 4 aliphatic carbocycles. The van der Waals surface area contributed by atoms with Gasteiger partial charge in [0.15, 0.2) is 6.61 Å². The van der Waals surface area contributed by atoms with Crippen molar-refractivity contribution in [2.45, 2.75) is 32.1 Å². The number of anilines is 1. The van der Waals surface area contributed by atoms with Crippen LogP contribution in [0.25, 0.3) is 0 Å². The Bertz CT molecular complexity index is 768. The minimum Gasteiger partial charge on any atom is -0.455 e. The van der Waals surface area contributed by atoms with Crippen LogP contribution in [0.15, 0.2) is 18.2 Å². The number of nitrogens with zero attached hydrogens (tertiary/aromatic N) is 1. The van der Waals surface area contributed by atoms with Crippen molar-refractivity contribution in [1.82, 2.24) is 0 Å². The zero-order chi connectivity index (χ0) is 19.1. The molecule has 0 atom stereocenters. The summed E-state index contributed by atoms with van der Waals surface area (Å²) in [4.78, 5) is 35.2. The Labute approximate surface area is 161 Å². The number of hydrogen-bond donors (Lipinski definition) is 1. The van der Waals surface area contributed by atoms with Crippen molar-refractivity contribution in [3.8, 4) is 0 Å². The fourth-order valence-electron chi connectivity index (χ4n) is 5.50. The number of halogens is 1. The standard InChI is InChI=1S/C19H21ClN2O5/c20-14-1-2-16(22(25)26)15(8-14)21-17(23)9-27-19(24)18-12-4-10-3-11(6-12)7-13(18)5-10/h1-2,8,10-13,18H,3-7,9H2,(H,21,23). The molecule has 7 nitrogen and oxygen atoms in total. The first kappa shape index (κ1) is 18.2. The van der Waals surface area contributed by atoms with Gasteiger partial charge >= 0.3 is 5.97 Å². The first-order chi connectivity index (χ1) is 12.9. The maximum atomic E-state index is 12.6. The molecule has 8 heteroatoms. The number of esters is 1. The minimum absolute atomic E-state index is 0.0110. The fraction of sp³-hybridized carbons (Fsp3) is 0.579. The van der Waals surface area contributed by atoms with Crippen molar-refractivity contribution in [3.05, 3.63) is 33.3 Å². The van der Waals surface area contributed by atoms with E-state index >= 15 is 0 Å². The van der Waals surface area contributed by atoms with Crippen molar-refractivity contribution in [3.63, 3.8) is 0 Å². The summed E-state index contributed by atoms with van der Waals surface area (Å²) in [5.74, 6) is 1.24. The van der Waals surface area contributed by atoms with E-state index in [0.717, 1.165) is 37.5 Å². The Morgan fingerprint density at radius 1 is 1.15 bits per heavy atom. The lowest BCUT2D eigenvalue weighted by atomic mass is 9.52. The molecule has 27 heavy (non-hydrogen) atoms. The maximum absolute atomic E-state index is 12.6. The third-order valence-corrected chi connectivity index (χ3v) is 6.51. The monoisotopic (exact) mass is 392 g/mol. The molecular formula is C19H21ClN2O5. The van der Waals surface area contributed by atoms with Crippen LogP contribution in [-0.4, -0.2) is 23.4 Å². The molecule has 1 amide bonds. The largest absolute Gasteiger partial charge is 0.455 e. The van der Waals surface area contributed by atoms with Crippen LogP contribution in [0.4, 0.5) is 11.4 Å². The lowest BCUT2D eigenvalue weighted by molar-refractivity contribution is -0.383. The smallest absolute Gasteiger partial charge is 0.310 e. The molecule has 0 radical (unpaired) electrons. The highest BCUT2D eigenvalue weighted by atomic mass is 35.5. The van der Waals surface area contributed by atoms with Crippen molar-refractivity contribution in [2.75, 3.05) is 11.9 Å². The molecule has 0 heterocycles. The topological polar surface area (TPSA) is 98.5 Å². The molecule has 0 spiro atoms. The van der Waals surface area contributed by atoms with Gasteiger partial charge < -0.3 is 10.1 Å². The highest BCUT2D eigenvalue weighted by Gasteiger charge is 2.51. The lowest BCUT2D eigenvalue weighted by Crippen LogP contribution is -2.48. The van der Waals surface area contributed by atoms with Crippen molar-refractivity contribution in [2.24, 2.45) is 29.6 Å². The third kappa shape index (κ3) is 3.65. The van der Waals surface area contributed by atoms with E-state index in [1.54, 1.807) is 0 Å². The Hall–Kier alpha value is -2.15. The molecule has 0 aromatic heterocycles. The number of carbonyl (C=O) groups excluding carboxylic acids is 2. The Morgan fingerprint density at radius 2 is 1.78 bits per heavy atom. The van der Waals surface area contributed by atoms with Gasteiger partial charge in [0.05, 0.1) is 10.8 Å². The second kappa shape index (κ2) is 7.11. The van der Waals surface area contributed by atoms with Gasteiger partial charge in [-0.3, -0.25) is 19.7 Å². The van der Waals surface area contributed by atoms with Crippen LogP contribution in [0.2, 0.25) is 5.02 Å². The number of nitro benzene ring substituents is 1. The summed E-state index contributed by atoms with van der Waals surface area (Å²) in [6.07, 6.45) is 5.66. The van der Waals surface area contributed by atoms with E-state index in [1.165, 1.54) is 24.6 Å². The quantitative estimate of drug-likeness (QED) is 0.466. The number of ether oxygens (including phenoxy) is 1. The van der Waals surface area contributed by atoms with Gasteiger partial charge in [0.1, 0.15) is 5.69 Å². The van der Waals surface area contributed by atoms with Crippen LogP contribution < -0.4 is 5.32 Å². The van der Waals surface area contributed by atoms with E-state index < -0.39 is 17.4 Å². The number of rotatable bonds is 5. The van der Waals surface area contributed by atoms with E-state index in [0.29, 0.717) is 11.8 Å². The predicted octanol–water partition coefficient (Wildman–Crippen LogP) is 3.80. The van der Waals surface area contributed by atoms with Crippen molar-refractivity contribution < 1.29 is 19.2 Å². The first-order valence-electron chi connectivity index (χ1n) is 9.31. The van der Waals surface area contributed by atoms with Crippen molar-refractivity contribution >= 4 is 34.9 Å². The summed E-state index contributed by atoms with van der Waals surface area (Å²) in [5.41, 5.74) is -0.275. The molecule has 4 saturated carbocycles. The van der Waals surface area contributed by atoms with E-state index in [1.807, 2.05) is 0 Å². The van der Waals surface area contributed by atoms with Gasteiger partial charge in [0.2, 0.25) is 0 Å². The summed E-state index contributed by atoms with van der Waals surface area (Å²) in [7, 11) is 0. The number of nitro groups is 1. The number of nitrogens with one attached hydrogen (secondary N) is 1. The van der Waals surface area contributed by atoms with Crippen molar-refractivity contribution in [1.29, 1.82) is 0 Å². The predicted molar refractivity (Wildman–Crippen MR) is 98.2 cm³/mol. The molecule has 4 aliphatic rings. The normalized spacial score (nSPS) is 30.8. The van der Waals surface area contributed by atoms with Gasteiger partial charge in [0.25, 0.3) is 11.6 Å². The first-order valence-corrected chi connectivity index (χ1v) is 9.69. The summed E-state index contributed by atoms with van der Waals surface area (Å²) >= 11 is 5.84. The average molecular weight is 393 g/mol. The van der Waals surface area contributed by atoms with Crippen LogP contribution >= 0.6 is 11.6 Å². The van der Waals surface area contributed by atoms with Crippen LogP contribution in [0.5, 0.6) is 0 Å². The molecule has 1 aromatic carbocycles.